The highest BCUT2D eigenvalue weighted by Crippen LogP contribution is 2.29. The molecule has 0 fully saturated rings. The smallest absolute Gasteiger partial charge is 0.322 e. The standard InChI is InChI=1S/C27H33N3O4S/c1-5-20(2)30(27(32)28-24-14-13-22(33-3)16-25(24)34-4)19-26(31)29(18-23-12-9-15-35-23)17-21-10-7-6-8-11-21/h6-16,20H,5,17-19H2,1-4H3,(H,28,32). The first kappa shape index (κ1) is 26.1. The van der Waals surface area contributed by atoms with Crippen molar-refractivity contribution in [1.29, 1.82) is 0 Å². The van der Waals surface area contributed by atoms with Crippen molar-refractivity contribution in [2.75, 3.05) is 26.1 Å². The topological polar surface area (TPSA) is 71.1 Å². The van der Waals surface area contributed by atoms with Crippen molar-refractivity contribution in [1.82, 2.24) is 9.80 Å². The number of hydrogen-bond acceptors (Lipinski definition) is 5. The molecule has 2 aromatic carbocycles. The molecule has 1 unspecified atom stereocenters. The van der Waals surface area contributed by atoms with Crippen molar-refractivity contribution in [3.8, 4) is 11.5 Å². The van der Waals surface area contributed by atoms with E-state index in [0.717, 1.165) is 10.4 Å². The Kier molecular flexibility index (Phi) is 9.55. The molecule has 0 radical (unpaired) electrons. The van der Waals surface area contributed by atoms with E-state index in [2.05, 4.69) is 5.32 Å². The molecule has 1 atom stereocenters. The number of ether oxygens (including phenoxy) is 2. The van der Waals surface area contributed by atoms with E-state index < -0.39 is 0 Å². The van der Waals surface area contributed by atoms with Gasteiger partial charge in [-0.05, 0) is 42.5 Å². The first-order valence-corrected chi connectivity index (χ1v) is 12.5. The van der Waals surface area contributed by atoms with Crippen LogP contribution in [0.4, 0.5) is 10.5 Å². The lowest BCUT2D eigenvalue weighted by atomic mass is 10.2. The fourth-order valence-corrected chi connectivity index (χ4v) is 4.33. The summed E-state index contributed by atoms with van der Waals surface area (Å²) in [6.07, 6.45) is 0.712. The number of hydrogen-bond donors (Lipinski definition) is 1. The van der Waals surface area contributed by atoms with E-state index in [0.29, 0.717) is 36.7 Å². The maximum Gasteiger partial charge on any atom is 0.322 e. The molecule has 1 N–H and O–H groups in total. The summed E-state index contributed by atoms with van der Waals surface area (Å²) in [5.74, 6) is 0.995. The van der Waals surface area contributed by atoms with Crippen LogP contribution in [0.1, 0.15) is 30.7 Å². The number of benzene rings is 2. The van der Waals surface area contributed by atoms with Gasteiger partial charge in [-0.1, -0.05) is 43.3 Å². The van der Waals surface area contributed by atoms with Gasteiger partial charge in [0.25, 0.3) is 0 Å². The molecule has 3 aromatic rings. The average Bonchev–Trinajstić information content (AvgIpc) is 3.40. The largest absolute Gasteiger partial charge is 0.497 e. The molecule has 0 bridgehead atoms. The molecular weight excluding hydrogens is 462 g/mol. The highest BCUT2D eigenvalue weighted by atomic mass is 32.1. The maximum absolute atomic E-state index is 13.5. The van der Waals surface area contributed by atoms with Crippen molar-refractivity contribution in [3.63, 3.8) is 0 Å². The van der Waals surface area contributed by atoms with Crippen LogP contribution in [-0.4, -0.2) is 48.5 Å². The Labute approximate surface area is 211 Å². The second kappa shape index (κ2) is 12.8. The van der Waals surface area contributed by atoms with Crippen molar-refractivity contribution >= 4 is 29.0 Å². The van der Waals surface area contributed by atoms with Crippen molar-refractivity contribution in [3.05, 3.63) is 76.5 Å². The molecule has 8 heteroatoms. The van der Waals surface area contributed by atoms with Gasteiger partial charge in [0.1, 0.15) is 18.0 Å². The minimum atomic E-state index is -0.355. The fourth-order valence-electron chi connectivity index (χ4n) is 3.61. The molecule has 0 spiro atoms. The van der Waals surface area contributed by atoms with Crippen molar-refractivity contribution < 1.29 is 19.1 Å². The van der Waals surface area contributed by atoms with Gasteiger partial charge in [0.2, 0.25) is 5.91 Å². The predicted molar refractivity (Wildman–Crippen MR) is 140 cm³/mol. The van der Waals surface area contributed by atoms with Crippen LogP contribution in [-0.2, 0) is 17.9 Å². The molecule has 35 heavy (non-hydrogen) atoms. The van der Waals surface area contributed by atoms with Gasteiger partial charge >= 0.3 is 6.03 Å². The van der Waals surface area contributed by atoms with E-state index in [1.165, 1.54) is 7.11 Å². The zero-order valence-electron chi connectivity index (χ0n) is 20.7. The molecule has 1 heterocycles. The number of anilines is 1. The molecule has 7 nitrogen and oxygen atoms in total. The van der Waals surface area contributed by atoms with Crippen LogP contribution < -0.4 is 14.8 Å². The number of methoxy groups -OCH3 is 2. The van der Waals surface area contributed by atoms with Gasteiger partial charge in [0.05, 0.1) is 26.5 Å². The summed E-state index contributed by atoms with van der Waals surface area (Å²) in [6.45, 7) is 4.88. The lowest BCUT2D eigenvalue weighted by Crippen LogP contribution is -2.47. The monoisotopic (exact) mass is 495 g/mol. The summed E-state index contributed by atoms with van der Waals surface area (Å²) in [5, 5.41) is 4.91. The number of carbonyl (C=O) groups excluding carboxylic acids is 2. The van der Waals surface area contributed by atoms with Crippen LogP contribution in [0.15, 0.2) is 66.0 Å². The van der Waals surface area contributed by atoms with Crippen molar-refractivity contribution in [2.24, 2.45) is 0 Å². The van der Waals surface area contributed by atoms with Gasteiger partial charge in [-0.3, -0.25) is 4.79 Å². The van der Waals surface area contributed by atoms with E-state index in [-0.39, 0.29) is 24.5 Å². The van der Waals surface area contributed by atoms with Gasteiger partial charge in [0.15, 0.2) is 0 Å². The number of rotatable bonds is 11. The third-order valence-corrected chi connectivity index (χ3v) is 6.70. The van der Waals surface area contributed by atoms with Crippen LogP contribution in [0.3, 0.4) is 0 Å². The molecule has 3 rings (SSSR count). The van der Waals surface area contributed by atoms with Crippen LogP contribution in [0.2, 0.25) is 0 Å². The Morgan fingerprint density at radius 1 is 1.00 bits per heavy atom. The van der Waals surface area contributed by atoms with Crippen LogP contribution in [0, 0.1) is 0 Å². The Balaban J connectivity index is 1.79. The summed E-state index contributed by atoms with van der Waals surface area (Å²) >= 11 is 1.61. The SMILES string of the molecule is CCC(C)N(CC(=O)N(Cc1ccccc1)Cc1cccs1)C(=O)Nc1ccc(OC)cc1OC. The Hall–Kier alpha value is -3.52. The summed E-state index contributed by atoms with van der Waals surface area (Å²) in [7, 11) is 3.10. The Morgan fingerprint density at radius 2 is 1.77 bits per heavy atom. The number of nitrogens with zero attached hydrogens (tertiary/aromatic N) is 2. The number of urea groups is 1. The first-order valence-electron chi connectivity index (χ1n) is 11.6. The third-order valence-electron chi connectivity index (χ3n) is 5.84. The first-order chi connectivity index (χ1) is 16.9. The van der Waals surface area contributed by atoms with Gasteiger partial charge in [-0.25, -0.2) is 4.79 Å². The Morgan fingerprint density at radius 3 is 2.40 bits per heavy atom. The summed E-state index contributed by atoms with van der Waals surface area (Å²) in [5.41, 5.74) is 1.55. The van der Waals surface area contributed by atoms with Crippen molar-refractivity contribution in [2.45, 2.75) is 39.4 Å². The second-order valence-electron chi connectivity index (χ2n) is 8.20. The van der Waals surface area contributed by atoms with Crippen LogP contribution in [0.25, 0.3) is 0 Å². The summed E-state index contributed by atoms with van der Waals surface area (Å²) < 4.78 is 10.7. The van der Waals surface area contributed by atoms with Gasteiger partial charge in [-0.2, -0.15) is 0 Å². The highest BCUT2D eigenvalue weighted by molar-refractivity contribution is 7.09. The van der Waals surface area contributed by atoms with E-state index in [1.54, 1.807) is 46.4 Å². The number of thiophene rings is 1. The zero-order chi connectivity index (χ0) is 25.2. The predicted octanol–water partition coefficient (Wildman–Crippen LogP) is 5.63. The summed E-state index contributed by atoms with van der Waals surface area (Å²) in [4.78, 5) is 31.3. The molecule has 186 valence electrons. The molecule has 0 aliphatic carbocycles. The van der Waals surface area contributed by atoms with Gasteiger partial charge in [-0.15, -0.1) is 11.3 Å². The number of amides is 3. The molecule has 0 aliphatic heterocycles. The van der Waals surface area contributed by atoms with Gasteiger partial charge < -0.3 is 24.6 Å². The third kappa shape index (κ3) is 7.23. The maximum atomic E-state index is 13.5. The fraction of sp³-hybridized carbons (Fsp3) is 0.333. The van der Waals surface area contributed by atoms with Gasteiger partial charge in [0, 0.05) is 23.5 Å². The lowest BCUT2D eigenvalue weighted by molar-refractivity contribution is -0.133. The Bertz CT molecular complexity index is 1090. The second-order valence-corrected chi connectivity index (χ2v) is 9.23. The molecule has 0 saturated heterocycles. The number of nitrogens with one attached hydrogen (secondary N) is 1. The number of carbonyl (C=O) groups is 2. The highest BCUT2D eigenvalue weighted by Gasteiger charge is 2.26. The van der Waals surface area contributed by atoms with E-state index in [1.807, 2.05) is 61.7 Å². The molecule has 0 aliphatic rings. The van der Waals surface area contributed by atoms with E-state index >= 15 is 0 Å². The molecule has 1 aromatic heterocycles. The van der Waals surface area contributed by atoms with E-state index in [4.69, 9.17) is 9.47 Å². The normalized spacial score (nSPS) is 11.4. The average molecular weight is 496 g/mol. The van der Waals surface area contributed by atoms with E-state index in [9.17, 15) is 9.59 Å². The summed E-state index contributed by atoms with van der Waals surface area (Å²) in [6, 6.07) is 18.6. The lowest BCUT2D eigenvalue weighted by Gasteiger charge is -2.31. The molecular formula is C27H33N3O4S. The minimum Gasteiger partial charge on any atom is -0.497 e. The van der Waals surface area contributed by atoms with Crippen LogP contribution in [0.5, 0.6) is 11.5 Å². The van der Waals surface area contributed by atoms with Crippen LogP contribution >= 0.6 is 11.3 Å². The zero-order valence-corrected chi connectivity index (χ0v) is 21.5. The molecule has 0 saturated carbocycles. The molecule has 3 amide bonds. The minimum absolute atomic E-state index is 0.0302. The quantitative estimate of drug-likeness (QED) is 0.374.